The van der Waals surface area contributed by atoms with E-state index in [1.807, 2.05) is 0 Å². The maximum Gasteiger partial charge on any atom is 0.247 e. The topological polar surface area (TPSA) is 114 Å². The van der Waals surface area contributed by atoms with Gasteiger partial charge in [0.05, 0.1) is 6.61 Å². The Bertz CT molecular complexity index is 908. The largest absolute Gasteiger partial charge is 0.492 e. The van der Waals surface area contributed by atoms with Gasteiger partial charge in [0, 0.05) is 25.8 Å². The van der Waals surface area contributed by atoms with E-state index in [1.165, 1.54) is 20.2 Å². The molecule has 1 heterocycles. The molecule has 10 heteroatoms. The monoisotopic (exact) mass is 396 g/mol. The lowest BCUT2D eigenvalue weighted by atomic mass is 10.2. The smallest absolute Gasteiger partial charge is 0.247 e. The van der Waals surface area contributed by atoms with Gasteiger partial charge in [-0.2, -0.15) is 0 Å². The zero-order valence-electron chi connectivity index (χ0n) is 15.9. The Morgan fingerprint density at radius 3 is 2.59 bits per heavy atom. The molecule has 0 radical (unpaired) electrons. The third-order valence-corrected chi connectivity index (χ3v) is 5.49. The minimum atomic E-state index is -3.71. The average Bonchev–Trinajstić information content (AvgIpc) is 3.00. The SMILES string of the molecule is CCOc1ccc(N[C@@H](C)C(=O)Nc2cc(C)on2)cc1S(=O)(=O)N(C)C. The molecule has 27 heavy (non-hydrogen) atoms. The molecule has 1 amide bonds. The number of benzene rings is 1. The van der Waals surface area contributed by atoms with Crippen LogP contribution >= 0.6 is 0 Å². The molecule has 0 saturated heterocycles. The van der Waals surface area contributed by atoms with Gasteiger partial charge in [-0.05, 0) is 39.0 Å². The number of hydrogen-bond donors (Lipinski definition) is 2. The number of nitrogens with zero attached hydrogens (tertiary/aromatic N) is 2. The van der Waals surface area contributed by atoms with Gasteiger partial charge < -0.3 is 19.9 Å². The number of sulfonamides is 1. The number of rotatable bonds is 8. The Morgan fingerprint density at radius 1 is 1.33 bits per heavy atom. The predicted octanol–water partition coefficient (Wildman–Crippen LogP) is 2.07. The Balaban J connectivity index is 2.21. The van der Waals surface area contributed by atoms with E-state index in [0.717, 1.165) is 4.31 Å². The number of carbonyl (C=O) groups excluding carboxylic acids is 1. The number of aryl methyl sites for hydroxylation is 1. The van der Waals surface area contributed by atoms with Crippen LogP contribution in [0, 0.1) is 6.92 Å². The number of nitrogens with one attached hydrogen (secondary N) is 2. The first-order valence-corrected chi connectivity index (χ1v) is 9.79. The number of ether oxygens (including phenoxy) is 1. The highest BCUT2D eigenvalue weighted by atomic mass is 32.2. The maximum atomic E-state index is 12.6. The Morgan fingerprint density at radius 2 is 2.04 bits per heavy atom. The molecule has 0 spiro atoms. The van der Waals surface area contributed by atoms with Crippen LogP contribution in [0.1, 0.15) is 19.6 Å². The third kappa shape index (κ3) is 4.98. The highest BCUT2D eigenvalue weighted by Crippen LogP contribution is 2.29. The molecule has 2 rings (SSSR count). The molecular formula is C17H24N4O5S. The molecule has 148 valence electrons. The molecule has 0 fully saturated rings. The first kappa shape index (κ1) is 20.7. The fourth-order valence-electron chi connectivity index (χ4n) is 2.25. The molecule has 1 aromatic heterocycles. The van der Waals surface area contributed by atoms with Crippen LogP contribution in [-0.4, -0.2) is 50.5 Å². The molecule has 1 aromatic carbocycles. The van der Waals surface area contributed by atoms with Crippen LogP contribution < -0.4 is 15.4 Å². The molecule has 0 aliphatic carbocycles. The van der Waals surface area contributed by atoms with Gasteiger partial charge in [0.2, 0.25) is 15.9 Å². The maximum absolute atomic E-state index is 12.6. The molecule has 0 saturated carbocycles. The van der Waals surface area contributed by atoms with Crippen molar-refractivity contribution in [2.45, 2.75) is 31.7 Å². The van der Waals surface area contributed by atoms with E-state index >= 15 is 0 Å². The third-order valence-electron chi connectivity index (χ3n) is 3.66. The summed E-state index contributed by atoms with van der Waals surface area (Å²) < 4.78 is 36.6. The van der Waals surface area contributed by atoms with Crippen molar-refractivity contribution in [3.63, 3.8) is 0 Å². The lowest BCUT2D eigenvalue weighted by molar-refractivity contribution is -0.116. The van der Waals surface area contributed by atoms with Crippen molar-refractivity contribution in [2.24, 2.45) is 0 Å². The lowest BCUT2D eigenvalue weighted by Gasteiger charge is -2.18. The summed E-state index contributed by atoms with van der Waals surface area (Å²) in [6, 6.07) is 5.63. The van der Waals surface area contributed by atoms with Gasteiger partial charge in [-0.1, -0.05) is 5.16 Å². The molecule has 1 atom stereocenters. The number of amides is 1. The van der Waals surface area contributed by atoms with Gasteiger partial charge in [-0.25, -0.2) is 12.7 Å². The van der Waals surface area contributed by atoms with Gasteiger partial charge >= 0.3 is 0 Å². The zero-order valence-corrected chi connectivity index (χ0v) is 16.8. The molecule has 9 nitrogen and oxygen atoms in total. The second-order valence-electron chi connectivity index (χ2n) is 6.06. The Labute approximate surface area is 158 Å². The number of aromatic nitrogens is 1. The van der Waals surface area contributed by atoms with Crippen molar-refractivity contribution in [1.29, 1.82) is 0 Å². The zero-order chi connectivity index (χ0) is 20.2. The number of anilines is 2. The summed E-state index contributed by atoms with van der Waals surface area (Å²) in [6.45, 7) is 5.48. The Hall–Kier alpha value is -2.59. The van der Waals surface area contributed by atoms with Crippen LogP contribution in [0.4, 0.5) is 11.5 Å². The molecular weight excluding hydrogens is 372 g/mol. The van der Waals surface area contributed by atoms with Gasteiger partial charge in [-0.3, -0.25) is 4.79 Å². The van der Waals surface area contributed by atoms with Crippen molar-refractivity contribution in [2.75, 3.05) is 31.3 Å². The molecule has 0 bridgehead atoms. The van der Waals surface area contributed by atoms with E-state index in [-0.39, 0.29) is 16.6 Å². The van der Waals surface area contributed by atoms with E-state index < -0.39 is 16.1 Å². The van der Waals surface area contributed by atoms with Gasteiger partial charge in [0.1, 0.15) is 22.4 Å². The van der Waals surface area contributed by atoms with Gasteiger partial charge in [-0.15, -0.1) is 0 Å². The summed E-state index contributed by atoms with van der Waals surface area (Å²) in [6.07, 6.45) is 0. The predicted molar refractivity (Wildman–Crippen MR) is 101 cm³/mol. The fourth-order valence-corrected chi connectivity index (χ4v) is 3.30. The summed E-state index contributed by atoms with van der Waals surface area (Å²) in [5, 5.41) is 9.31. The summed E-state index contributed by atoms with van der Waals surface area (Å²) in [5.74, 6) is 0.811. The van der Waals surface area contributed by atoms with Gasteiger partial charge in [0.25, 0.3) is 0 Å². The standard InChI is InChI=1S/C17H24N4O5S/c1-6-25-14-8-7-13(10-15(14)27(23,24)21(4)5)18-12(3)17(22)19-16-9-11(2)26-20-16/h7-10,12,18H,6H2,1-5H3,(H,19,20,22)/t12-/m0/s1. The van der Waals surface area contributed by atoms with Crippen LogP contribution in [-0.2, 0) is 14.8 Å². The molecule has 0 aliphatic heterocycles. The van der Waals surface area contributed by atoms with Crippen LogP contribution in [0.15, 0.2) is 33.7 Å². The van der Waals surface area contributed by atoms with Crippen LogP contribution in [0.3, 0.4) is 0 Å². The summed E-state index contributed by atoms with van der Waals surface area (Å²) >= 11 is 0. The minimum absolute atomic E-state index is 0.0269. The first-order chi connectivity index (χ1) is 12.6. The molecule has 0 aliphatic rings. The van der Waals surface area contributed by atoms with E-state index in [0.29, 0.717) is 23.9 Å². The summed E-state index contributed by atoms with van der Waals surface area (Å²) in [5.41, 5.74) is 0.470. The number of carbonyl (C=O) groups is 1. The van der Waals surface area contributed by atoms with Gasteiger partial charge in [0.15, 0.2) is 5.82 Å². The van der Waals surface area contributed by atoms with Crippen molar-refractivity contribution in [1.82, 2.24) is 9.46 Å². The lowest BCUT2D eigenvalue weighted by Crippen LogP contribution is -2.32. The first-order valence-electron chi connectivity index (χ1n) is 8.35. The molecule has 2 N–H and O–H groups in total. The molecule has 0 unspecified atom stereocenters. The molecule has 2 aromatic rings. The minimum Gasteiger partial charge on any atom is -0.492 e. The fraction of sp³-hybridized carbons (Fsp3) is 0.412. The van der Waals surface area contributed by atoms with Crippen molar-refractivity contribution >= 4 is 27.4 Å². The summed E-state index contributed by atoms with van der Waals surface area (Å²) in [4.78, 5) is 12.3. The van der Waals surface area contributed by atoms with E-state index in [1.54, 1.807) is 39.0 Å². The quantitative estimate of drug-likeness (QED) is 0.702. The van der Waals surface area contributed by atoms with Crippen molar-refractivity contribution in [3.05, 3.63) is 30.0 Å². The Kier molecular flexibility index (Phi) is 6.45. The van der Waals surface area contributed by atoms with Crippen molar-refractivity contribution < 1.29 is 22.5 Å². The van der Waals surface area contributed by atoms with Crippen LogP contribution in [0.25, 0.3) is 0 Å². The number of hydrogen-bond acceptors (Lipinski definition) is 7. The summed E-state index contributed by atoms with van der Waals surface area (Å²) in [7, 11) is -0.818. The normalized spacial score (nSPS) is 12.7. The average molecular weight is 396 g/mol. The highest BCUT2D eigenvalue weighted by Gasteiger charge is 2.24. The highest BCUT2D eigenvalue weighted by molar-refractivity contribution is 7.89. The van der Waals surface area contributed by atoms with Crippen molar-refractivity contribution in [3.8, 4) is 5.75 Å². The van der Waals surface area contributed by atoms with Crippen LogP contribution in [0.2, 0.25) is 0 Å². The van der Waals surface area contributed by atoms with E-state index in [2.05, 4.69) is 15.8 Å². The van der Waals surface area contributed by atoms with E-state index in [4.69, 9.17) is 9.26 Å². The van der Waals surface area contributed by atoms with Crippen LogP contribution in [0.5, 0.6) is 5.75 Å². The second-order valence-corrected chi connectivity index (χ2v) is 8.18. The van der Waals surface area contributed by atoms with E-state index in [9.17, 15) is 13.2 Å². The second kappa shape index (κ2) is 8.40.